The summed E-state index contributed by atoms with van der Waals surface area (Å²) >= 11 is 0. The lowest BCUT2D eigenvalue weighted by Gasteiger charge is -2.07. The highest BCUT2D eigenvalue weighted by molar-refractivity contribution is 7.45. The zero-order valence-electron chi connectivity index (χ0n) is 10.6. The second-order valence-electron chi connectivity index (χ2n) is 3.89. The molecule has 0 rings (SSSR count). The Bertz CT molecular complexity index is 276. The molecular weight excluding hydrogens is 239 g/mol. The van der Waals surface area contributed by atoms with Crippen molar-refractivity contribution in [3.63, 3.8) is 0 Å². The number of carbonyl (C=O) groups is 1. The van der Waals surface area contributed by atoms with Crippen LogP contribution in [-0.2, 0) is 14.1 Å². The van der Waals surface area contributed by atoms with E-state index < -0.39 is 13.8 Å². The molecular formula is C12H22O4P+. The van der Waals surface area contributed by atoms with Gasteiger partial charge in [-0.25, -0.2) is 4.79 Å². The fourth-order valence-electron chi connectivity index (χ4n) is 1.43. The van der Waals surface area contributed by atoms with Crippen LogP contribution in [0.25, 0.3) is 0 Å². The maximum absolute atomic E-state index is 11.9. The Hall–Kier alpha value is -0.730. The molecule has 0 saturated heterocycles. The van der Waals surface area contributed by atoms with Crippen LogP contribution in [0.5, 0.6) is 0 Å². The van der Waals surface area contributed by atoms with Gasteiger partial charge in [-0.3, -0.25) is 0 Å². The van der Waals surface area contributed by atoms with Gasteiger partial charge in [0, 0.05) is 13.0 Å². The Morgan fingerprint density at radius 2 is 2.06 bits per heavy atom. The van der Waals surface area contributed by atoms with Crippen molar-refractivity contribution in [1.82, 2.24) is 0 Å². The lowest BCUT2D eigenvalue weighted by Crippen LogP contribution is -2.12. The summed E-state index contributed by atoms with van der Waals surface area (Å²) in [5, 5.41) is 8.69. The van der Waals surface area contributed by atoms with E-state index in [4.69, 9.17) is 9.84 Å². The third-order valence-electron chi connectivity index (χ3n) is 2.38. The number of carboxylic acids is 1. The number of hydrogen-bond acceptors (Lipinski definition) is 3. The molecule has 2 unspecified atom stereocenters. The topological polar surface area (TPSA) is 63.6 Å². The molecule has 0 saturated carbocycles. The molecule has 2 atom stereocenters. The van der Waals surface area contributed by atoms with Gasteiger partial charge in [-0.15, -0.1) is 0 Å². The van der Waals surface area contributed by atoms with Crippen molar-refractivity contribution in [3.8, 4) is 0 Å². The molecule has 0 aliphatic carbocycles. The normalized spacial score (nSPS) is 13.2. The van der Waals surface area contributed by atoms with Crippen molar-refractivity contribution in [3.05, 3.63) is 12.2 Å². The summed E-state index contributed by atoms with van der Waals surface area (Å²) in [4.78, 5) is 10.6. The standard InChI is InChI=1S/C12H21O4P/c1-4-6-7-8-11(16-5-2)17(15)9-10(3)12(13)14/h11H,3-9H2,1-2H3/p+1. The van der Waals surface area contributed by atoms with E-state index in [-0.39, 0.29) is 17.6 Å². The molecule has 0 spiro atoms. The van der Waals surface area contributed by atoms with E-state index in [0.717, 1.165) is 25.7 Å². The third kappa shape index (κ3) is 7.24. The van der Waals surface area contributed by atoms with Gasteiger partial charge in [-0.1, -0.05) is 30.9 Å². The zero-order chi connectivity index (χ0) is 13.3. The molecule has 0 radical (unpaired) electrons. The van der Waals surface area contributed by atoms with Gasteiger partial charge in [0.1, 0.15) is 0 Å². The van der Waals surface area contributed by atoms with Gasteiger partial charge in [0.05, 0.1) is 5.57 Å². The molecule has 0 aliphatic rings. The minimum absolute atomic E-state index is 0.00805. The van der Waals surface area contributed by atoms with E-state index in [1.54, 1.807) is 0 Å². The molecule has 0 aromatic heterocycles. The van der Waals surface area contributed by atoms with Crippen LogP contribution >= 0.6 is 7.80 Å². The Labute approximate surface area is 104 Å². The number of ether oxygens (including phenoxy) is 1. The van der Waals surface area contributed by atoms with Gasteiger partial charge >= 0.3 is 13.8 Å². The first-order valence-corrected chi connectivity index (χ1v) is 7.50. The number of rotatable bonds is 10. The van der Waals surface area contributed by atoms with Crippen LogP contribution in [0.2, 0.25) is 0 Å². The molecule has 17 heavy (non-hydrogen) atoms. The van der Waals surface area contributed by atoms with Crippen molar-refractivity contribution in [2.45, 2.75) is 45.4 Å². The first kappa shape index (κ1) is 16.3. The number of unbranched alkanes of at least 4 members (excludes halogenated alkanes) is 2. The summed E-state index contributed by atoms with van der Waals surface area (Å²) in [5.41, 5.74) is -0.00805. The largest absolute Gasteiger partial charge is 0.478 e. The predicted molar refractivity (Wildman–Crippen MR) is 68.8 cm³/mol. The van der Waals surface area contributed by atoms with E-state index in [2.05, 4.69) is 13.5 Å². The molecule has 0 fully saturated rings. The molecule has 5 heteroatoms. The van der Waals surface area contributed by atoms with Crippen molar-refractivity contribution < 1.29 is 19.2 Å². The lowest BCUT2D eigenvalue weighted by molar-refractivity contribution is -0.132. The second kappa shape index (κ2) is 9.32. The van der Waals surface area contributed by atoms with Crippen LogP contribution in [0.3, 0.4) is 0 Å². The molecule has 0 bridgehead atoms. The van der Waals surface area contributed by atoms with Crippen molar-refractivity contribution >= 4 is 13.8 Å². The van der Waals surface area contributed by atoms with Gasteiger partial charge < -0.3 is 9.84 Å². The van der Waals surface area contributed by atoms with Gasteiger partial charge in [0.25, 0.3) is 5.85 Å². The number of aliphatic carboxylic acids is 1. The van der Waals surface area contributed by atoms with E-state index >= 15 is 0 Å². The van der Waals surface area contributed by atoms with Crippen LogP contribution in [0.1, 0.15) is 39.5 Å². The van der Waals surface area contributed by atoms with Crippen LogP contribution in [0.4, 0.5) is 0 Å². The first-order valence-electron chi connectivity index (χ1n) is 5.99. The molecule has 98 valence electrons. The summed E-state index contributed by atoms with van der Waals surface area (Å²) in [6, 6.07) is 0. The first-order chi connectivity index (χ1) is 8.02. The summed E-state index contributed by atoms with van der Waals surface area (Å²) in [5.74, 6) is -1.42. The van der Waals surface area contributed by atoms with Crippen LogP contribution in [-0.4, -0.2) is 29.7 Å². The van der Waals surface area contributed by atoms with Gasteiger partial charge in [0.2, 0.25) is 0 Å². The van der Waals surface area contributed by atoms with Crippen LogP contribution in [0.15, 0.2) is 12.2 Å². The lowest BCUT2D eigenvalue weighted by atomic mass is 10.2. The molecule has 0 heterocycles. The fraction of sp³-hybridized carbons (Fsp3) is 0.750. The molecule has 0 aromatic carbocycles. The van der Waals surface area contributed by atoms with Gasteiger partial charge in [-0.05, 0) is 13.3 Å². The van der Waals surface area contributed by atoms with E-state index in [9.17, 15) is 9.36 Å². The highest BCUT2D eigenvalue weighted by Gasteiger charge is 2.32. The van der Waals surface area contributed by atoms with Gasteiger partial charge in [-0.2, -0.15) is 0 Å². The second-order valence-corrected chi connectivity index (χ2v) is 5.62. The van der Waals surface area contributed by atoms with Crippen molar-refractivity contribution in [2.24, 2.45) is 0 Å². The smallest absolute Gasteiger partial charge is 0.375 e. The van der Waals surface area contributed by atoms with Crippen molar-refractivity contribution in [2.75, 3.05) is 12.8 Å². The summed E-state index contributed by atoms with van der Waals surface area (Å²) in [6.45, 7) is 7.84. The van der Waals surface area contributed by atoms with Crippen LogP contribution in [0, 0.1) is 0 Å². The molecule has 0 aliphatic heterocycles. The summed E-state index contributed by atoms with van der Waals surface area (Å²) in [6.07, 6.45) is 3.87. The Kier molecular flexibility index (Phi) is 8.92. The molecule has 1 N–H and O–H groups in total. The molecule has 0 amide bonds. The quantitative estimate of drug-likeness (QED) is 0.372. The minimum atomic E-state index is -1.69. The van der Waals surface area contributed by atoms with Crippen molar-refractivity contribution in [1.29, 1.82) is 0 Å². The van der Waals surface area contributed by atoms with E-state index in [1.165, 1.54) is 0 Å². The average Bonchev–Trinajstić information content (AvgIpc) is 2.27. The van der Waals surface area contributed by atoms with E-state index in [1.807, 2.05) is 6.92 Å². The predicted octanol–water partition coefficient (Wildman–Crippen LogP) is 3.40. The minimum Gasteiger partial charge on any atom is -0.478 e. The monoisotopic (exact) mass is 261 g/mol. The fourth-order valence-corrected chi connectivity index (χ4v) is 2.93. The summed E-state index contributed by atoms with van der Waals surface area (Å²) in [7, 11) is -1.69. The number of carboxylic acid groups (broad SMARTS) is 1. The average molecular weight is 261 g/mol. The highest BCUT2D eigenvalue weighted by atomic mass is 31.1. The highest BCUT2D eigenvalue weighted by Crippen LogP contribution is 2.34. The Morgan fingerprint density at radius 1 is 1.41 bits per heavy atom. The maximum atomic E-state index is 11.9. The van der Waals surface area contributed by atoms with Crippen LogP contribution < -0.4 is 0 Å². The maximum Gasteiger partial charge on any atom is 0.375 e. The Morgan fingerprint density at radius 3 is 2.53 bits per heavy atom. The Balaban J connectivity index is 4.23. The third-order valence-corrected chi connectivity index (χ3v) is 4.13. The molecule has 4 nitrogen and oxygen atoms in total. The number of hydrogen-bond donors (Lipinski definition) is 1. The zero-order valence-corrected chi connectivity index (χ0v) is 11.5. The van der Waals surface area contributed by atoms with Gasteiger partial charge in [0.15, 0.2) is 6.16 Å². The van der Waals surface area contributed by atoms with E-state index in [0.29, 0.717) is 6.61 Å². The SMILES string of the molecule is C=C(C[P+](=O)C(CCCCC)OCC)C(=O)O. The molecule has 0 aromatic rings. The summed E-state index contributed by atoms with van der Waals surface area (Å²) < 4.78 is 17.4.